The molecule has 0 aliphatic carbocycles. The van der Waals surface area contributed by atoms with E-state index in [0.717, 1.165) is 11.4 Å². The maximum absolute atomic E-state index is 12.8. The third kappa shape index (κ3) is 3.84. The summed E-state index contributed by atoms with van der Waals surface area (Å²) >= 11 is 5.97. The molecule has 0 aliphatic heterocycles. The molecule has 28 heavy (non-hydrogen) atoms. The van der Waals surface area contributed by atoms with Crippen LogP contribution in [0.1, 0.15) is 28.2 Å². The molecule has 0 radical (unpaired) electrons. The van der Waals surface area contributed by atoms with Gasteiger partial charge in [0.15, 0.2) is 5.78 Å². The van der Waals surface area contributed by atoms with Gasteiger partial charge in [0.1, 0.15) is 0 Å². The number of carbonyl (C=O) groups is 2. The number of aryl methyl sites for hydroxylation is 1. The second kappa shape index (κ2) is 7.98. The van der Waals surface area contributed by atoms with Crippen LogP contribution in [0, 0.1) is 13.8 Å². The Labute approximate surface area is 166 Å². The van der Waals surface area contributed by atoms with E-state index in [4.69, 9.17) is 11.6 Å². The van der Waals surface area contributed by atoms with E-state index in [1.54, 1.807) is 24.3 Å². The van der Waals surface area contributed by atoms with Gasteiger partial charge in [-0.15, -0.1) is 0 Å². The number of hydrogen-bond donors (Lipinski definition) is 0. The Morgan fingerprint density at radius 3 is 2.68 bits per heavy atom. The number of halogens is 1. The SMILES string of the molecule is COC(=O)CCn1c(C)cc(C(=O)Cn2cnc3ccc(Cl)cc3c2=O)c1C. The topological polar surface area (TPSA) is 83.2 Å². The van der Waals surface area contributed by atoms with Gasteiger partial charge in [0.05, 0.1) is 37.3 Å². The van der Waals surface area contributed by atoms with Gasteiger partial charge in [-0.25, -0.2) is 4.98 Å². The van der Waals surface area contributed by atoms with Gasteiger partial charge in [-0.1, -0.05) is 11.6 Å². The lowest BCUT2D eigenvalue weighted by Crippen LogP contribution is -2.25. The number of esters is 1. The minimum atomic E-state index is -0.319. The molecule has 2 aromatic heterocycles. The molecule has 7 nitrogen and oxygen atoms in total. The quantitative estimate of drug-likeness (QED) is 0.468. The fraction of sp³-hybridized carbons (Fsp3) is 0.300. The summed E-state index contributed by atoms with van der Waals surface area (Å²) in [5.41, 5.74) is 2.33. The lowest BCUT2D eigenvalue weighted by atomic mass is 10.1. The summed E-state index contributed by atoms with van der Waals surface area (Å²) in [6.07, 6.45) is 1.59. The van der Waals surface area contributed by atoms with Crippen LogP contribution < -0.4 is 5.56 Å². The zero-order chi connectivity index (χ0) is 20.4. The molecule has 0 bridgehead atoms. The molecule has 0 saturated heterocycles. The number of rotatable bonds is 6. The third-order valence-corrected chi connectivity index (χ3v) is 4.98. The molecule has 146 valence electrons. The molecule has 0 N–H and O–H groups in total. The Morgan fingerprint density at radius 1 is 1.21 bits per heavy atom. The predicted molar refractivity (Wildman–Crippen MR) is 106 cm³/mol. The maximum atomic E-state index is 12.8. The van der Waals surface area contributed by atoms with Gasteiger partial charge in [0.2, 0.25) is 0 Å². The van der Waals surface area contributed by atoms with Crippen LogP contribution in [-0.2, 0) is 22.6 Å². The first-order chi connectivity index (χ1) is 13.3. The Kier molecular flexibility index (Phi) is 5.65. The predicted octanol–water partition coefficient (Wildman–Crippen LogP) is 2.91. The smallest absolute Gasteiger partial charge is 0.307 e. The Morgan fingerprint density at radius 2 is 1.96 bits per heavy atom. The van der Waals surface area contributed by atoms with Crippen molar-refractivity contribution in [2.45, 2.75) is 33.4 Å². The number of benzene rings is 1. The Balaban J connectivity index is 1.88. The van der Waals surface area contributed by atoms with Crippen molar-refractivity contribution >= 4 is 34.3 Å². The highest BCUT2D eigenvalue weighted by Gasteiger charge is 2.18. The zero-order valence-electron chi connectivity index (χ0n) is 15.9. The molecule has 0 aliphatic rings. The number of aromatic nitrogens is 3. The molecular weight excluding hydrogens is 382 g/mol. The highest BCUT2D eigenvalue weighted by Crippen LogP contribution is 2.18. The van der Waals surface area contributed by atoms with E-state index in [1.165, 1.54) is 18.0 Å². The second-order valence-electron chi connectivity index (χ2n) is 6.52. The monoisotopic (exact) mass is 401 g/mol. The number of methoxy groups -OCH3 is 1. The van der Waals surface area contributed by atoms with Crippen molar-refractivity contribution in [1.82, 2.24) is 14.1 Å². The van der Waals surface area contributed by atoms with Crippen molar-refractivity contribution in [2.75, 3.05) is 7.11 Å². The number of carbonyl (C=O) groups excluding carboxylic acids is 2. The molecule has 0 amide bonds. The van der Waals surface area contributed by atoms with Crippen LogP contribution in [0.3, 0.4) is 0 Å². The largest absolute Gasteiger partial charge is 0.469 e. The van der Waals surface area contributed by atoms with E-state index < -0.39 is 0 Å². The number of ether oxygens (including phenoxy) is 1. The van der Waals surface area contributed by atoms with Crippen LogP contribution in [0.25, 0.3) is 10.9 Å². The molecule has 0 saturated carbocycles. The zero-order valence-corrected chi connectivity index (χ0v) is 16.6. The summed E-state index contributed by atoms with van der Waals surface area (Å²) in [5, 5.41) is 0.802. The normalized spacial score (nSPS) is 11.0. The first-order valence-corrected chi connectivity index (χ1v) is 9.11. The van der Waals surface area contributed by atoms with Crippen molar-refractivity contribution in [3.8, 4) is 0 Å². The maximum Gasteiger partial charge on any atom is 0.307 e. The van der Waals surface area contributed by atoms with Gasteiger partial charge in [0.25, 0.3) is 5.56 Å². The lowest BCUT2D eigenvalue weighted by molar-refractivity contribution is -0.140. The second-order valence-corrected chi connectivity index (χ2v) is 6.96. The molecule has 0 spiro atoms. The molecule has 0 fully saturated rings. The summed E-state index contributed by atoms with van der Waals surface area (Å²) in [6, 6.07) is 6.65. The first-order valence-electron chi connectivity index (χ1n) is 8.73. The molecule has 3 rings (SSSR count). The summed E-state index contributed by atoms with van der Waals surface area (Å²) < 4.78 is 7.84. The van der Waals surface area contributed by atoms with Crippen molar-refractivity contribution < 1.29 is 14.3 Å². The standard InChI is InChI=1S/C20H20ClN3O4/c1-12-8-15(13(2)24(12)7-6-19(26)28-3)18(25)10-23-11-22-17-5-4-14(21)9-16(17)20(23)27/h4-5,8-9,11H,6-7,10H2,1-3H3. The number of fused-ring (bicyclic) bond motifs is 1. The number of nitrogens with zero attached hydrogens (tertiary/aromatic N) is 3. The molecule has 3 aromatic rings. The summed E-state index contributed by atoms with van der Waals surface area (Å²) in [4.78, 5) is 41.1. The Hall–Kier alpha value is -2.93. The van der Waals surface area contributed by atoms with Gasteiger partial charge in [-0.3, -0.25) is 19.0 Å². The number of hydrogen-bond acceptors (Lipinski definition) is 5. The van der Waals surface area contributed by atoms with Crippen molar-refractivity contribution in [3.05, 3.63) is 62.9 Å². The van der Waals surface area contributed by atoms with E-state index in [9.17, 15) is 14.4 Å². The van der Waals surface area contributed by atoms with E-state index in [0.29, 0.717) is 28.0 Å². The molecule has 2 heterocycles. The van der Waals surface area contributed by atoms with E-state index in [2.05, 4.69) is 9.72 Å². The van der Waals surface area contributed by atoms with Crippen LogP contribution >= 0.6 is 11.6 Å². The van der Waals surface area contributed by atoms with Crippen LogP contribution in [0.4, 0.5) is 0 Å². The summed E-state index contributed by atoms with van der Waals surface area (Å²) in [7, 11) is 1.34. The minimum Gasteiger partial charge on any atom is -0.469 e. The van der Waals surface area contributed by atoms with Gasteiger partial charge >= 0.3 is 5.97 Å². The fourth-order valence-corrected chi connectivity index (χ4v) is 3.39. The van der Waals surface area contributed by atoms with Crippen molar-refractivity contribution in [3.63, 3.8) is 0 Å². The van der Waals surface area contributed by atoms with Crippen molar-refractivity contribution in [1.29, 1.82) is 0 Å². The van der Waals surface area contributed by atoms with Crippen LogP contribution in [0.15, 0.2) is 35.4 Å². The van der Waals surface area contributed by atoms with Gasteiger partial charge in [0, 0.05) is 28.5 Å². The molecule has 1 aromatic carbocycles. The summed E-state index contributed by atoms with van der Waals surface area (Å²) in [5.74, 6) is -0.518. The summed E-state index contributed by atoms with van der Waals surface area (Å²) in [6.45, 7) is 3.98. The van der Waals surface area contributed by atoms with E-state index in [1.807, 2.05) is 18.4 Å². The molecular formula is C20H20ClN3O4. The molecule has 0 atom stereocenters. The molecule has 0 unspecified atom stereocenters. The number of ketones is 1. The lowest BCUT2D eigenvalue weighted by Gasteiger charge is -2.09. The average Bonchev–Trinajstić information content (AvgIpc) is 2.96. The molecule has 8 heteroatoms. The fourth-order valence-electron chi connectivity index (χ4n) is 3.22. The minimum absolute atomic E-state index is 0.129. The number of Topliss-reactive ketones (excluding diaryl/α,β-unsaturated/α-hetero) is 1. The van der Waals surface area contributed by atoms with E-state index in [-0.39, 0.29) is 30.3 Å². The third-order valence-electron chi connectivity index (χ3n) is 4.74. The average molecular weight is 402 g/mol. The van der Waals surface area contributed by atoms with Crippen LogP contribution in [-0.4, -0.2) is 33.0 Å². The van der Waals surface area contributed by atoms with Crippen molar-refractivity contribution in [2.24, 2.45) is 0 Å². The van der Waals surface area contributed by atoms with E-state index >= 15 is 0 Å². The Bertz CT molecular complexity index is 1130. The highest BCUT2D eigenvalue weighted by molar-refractivity contribution is 6.31. The van der Waals surface area contributed by atoms with Gasteiger partial charge < -0.3 is 9.30 Å². The first kappa shape index (κ1) is 19.8. The van der Waals surface area contributed by atoms with Gasteiger partial charge in [-0.2, -0.15) is 0 Å². The highest BCUT2D eigenvalue weighted by atomic mass is 35.5. The van der Waals surface area contributed by atoms with Crippen LogP contribution in [0.2, 0.25) is 5.02 Å². The van der Waals surface area contributed by atoms with Crippen LogP contribution in [0.5, 0.6) is 0 Å². The van der Waals surface area contributed by atoms with Gasteiger partial charge in [-0.05, 0) is 38.1 Å².